The Bertz CT molecular complexity index is 1430. The zero-order chi connectivity index (χ0) is 33.6. The fraction of sp³-hybridized carbons (Fsp3) is 0.700. The summed E-state index contributed by atoms with van der Waals surface area (Å²) in [5.74, 6) is 5.70. The Hall–Kier alpha value is -2.82. The van der Waals surface area contributed by atoms with E-state index in [1.807, 2.05) is 12.1 Å². The second-order valence-electron chi connectivity index (χ2n) is 16.2. The van der Waals surface area contributed by atoms with Gasteiger partial charge in [-0.3, -0.25) is 4.79 Å². The first-order valence-electron chi connectivity index (χ1n) is 18.1. The van der Waals surface area contributed by atoms with E-state index in [0.29, 0.717) is 36.3 Å². The number of allylic oxidation sites excluding steroid dienone is 2. The summed E-state index contributed by atoms with van der Waals surface area (Å²) in [5, 5.41) is 18.9. The number of nitrogens with one attached hydrogen (secondary N) is 1. The molecule has 1 aromatic carbocycles. The molecular formula is C40H57N3O4. The lowest BCUT2D eigenvalue weighted by Gasteiger charge is -2.58. The Morgan fingerprint density at radius 3 is 2.57 bits per heavy atom. The summed E-state index contributed by atoms with van der Waals surface area (Å²) < 4.78 is 5.42. The quantitative estimate of drug-likeness (QED) is 0.250. The maximum atomic E-state index is 12.9. The normalized spacial score (nSPS) is 40.8. The van der Waals surface area contributed by atoms with Crippen LogP contribution in [-0.4, -0.2) is 67.1 Å². The van der Waals surface area contributed by atoms with Gasteiger partial charge in [-0.05, 0) is 131 Å². The van der Waals surface area contributed by atoms with E-state index in [1.165, 1.54) is 11.1 Å². The van der Waals surface area contributed by atoms with Gasteiger partial charge in [0.1, 0.15) is 11.4 Å². The first-order valence-corrected chi connectivity index (χ1v) is 18.1. The van der Waals surface area contributed by atoms with Crippen molar-refractivity contribution in [1.29, 1.82) is 0 Å². The van der Waals surface area contributed by atoms with Gasteiger partial charge in [-0.1, -0.05) is 49.6 Å². The molecule has 0 bridgehead atoms. The van der Waals surface area contributed by atoms with Gasteiger partial charge in [0.15, 0.2) is 6.61 Å². The van der Waals surface area contributed by atoms with Crippen molar-refractivity contribution in [2.45, 2.75) is 109 Å². The van der Waals surface area contributed by atoms with Gasteiger partial charge >= 0.3 is 0 Å². The number of benzene rings is 1. The molecule has 4 aliphatic carbocycles. The lowest BCUT2D eigenvalue weighted by atomic mass is 9.46. The van der Waals surface area contributed by atoms with Crippen LogP contribution in [0.3, 0.4) is 0 Å². The molecule has 5 aliphatic rings. The van der Waals surface area contributed by atoms with Crippen LogP contribution in [0.25, 0.3) is 0 Å². The molecule has 9 atom stereocenters. The SMILES string of the molecule is C#C[C@]1(O)CC[C@H]2[C@@H]3CCC4=C/C(=N\OCC(=O)NCC[C@@]5(c6ccc(OC)cc6)C[C@H](C)N(C)C[C@H]5C)CC[C@]4(C)[C@H]3CC[C@@]21C. The molecule has 256 valence electrons. The Balaban J connectivity index is 1.04. The van der Waals surface area contributed by atoms with Crippen LogP contribution in [0.4, 0.5) is 0 Å². The van der Waals surface area contributed by atoms with Crippen molar-refractivity contribution in [1.82, 2.24) is 10.2 Å². The van der Waals surface area contributed by atoms with Gasteiger partial charge in [0.2, 0.25) is 0 Å². The summed E-state index contributed by atoms with van der Waals surface area (Å²) in [7, 11) is 3.90. The average molecular weight is 644 g/mol. The number of amides is 1. The number of rotatable bonds is 8. The molecule has 1 aliphatic heterocycles. The zero-order valence-corrected chi connectivity index (χ0v) is 29.6. The highest BCUT2D eigenvalue weighted by Crippen LogP contribution is 2.67. The number of nitrogens with zero attached hydrogens (tertiary/aromatic N) is 2. The second kappa shape index (κ2) is 12.9. The number of carbonyl (C=O) groups excluding carboxylic acids is 1. The number of methoxy groups -OCH3 is 1. The van der Waals surface area contributed by atoms with Crippen LogP contribution in [0, 0.1) is 46.8 Å². The predicted octanol–water partition coefficient (Wildman–Crippen LogP) is 6.50. The van der Waals surface area contributed by atoms with Crippen LogP contribution in [0.15, 0.2) is 41.1 Å². The first kappa shape index (κ1) is 34.1. The summed E-state index contributed by atoms with van der Waals surface area (Å²) in [5.41, 5.74) is 2.74. The molecule has 1 heterocycles. The van der Waals surface area contributed by atoms with E-state index in [4.69, 9.17) is 16.0 Å². The van der Waals surface area contributed by atoms with Crippen LogP contribution < -0.4 is 10.1 Å². The molecule has 2 N–H and O–H groups in total. The molecule has 47 heavy (non-hydrogen) atoms. The molecule has 0 spiro atoms. The number of terminal acetylenes is 1. The van der Waals surface area contributed by atoms with E-state index < -0.39 is 5.60 Å². The van der Waals surface area contributed by atoms with Gasteiger partial charge in [-0.15, -0.1) is 6.42 Å². The van der Waals surface area contributed by atoms with E-state index in [9.17, 15) is 9.90 Å². The summed E-state index contributed by atoms with van der Waals surface area (Å²) in [4.78, 5) is 21.0. The molecule has 0 aromatic heterocycles. The number of likely N-dealkylation sites (tertiary alicyclic amines) is 1. The van der Waals surface area contributed by atoms with Crippen molar-refractivity contribution in [2.24, 2.45) is 39.7 Å². The first-order chi connectivity index (χ1) is 22.4. The van der Waals surface area contributed by atoms with Crippen molar-refractivity contribution >= 4 is 11.6 Å². The van der Waals surface area contributed by atoms with E-state index in [2.05, 4.69) is 74.2 Å². The van der Waals surface area contributed by atoms with Crippen LogP contribution in [0.5, 0.6) is 5.75 Å². The second-order valence-corrected chi connectivity index (χ2v) is 16.2. The molecule has 1 saturated heterocycles. The molecule has 7 heteroatoms. The molecule has 4 fully saturated rings. The maximum absolute atomic E-state index is 12.9. The van der Waals surface area contributed by atoms with Crippen molar-refractivity contribution in [3.63, 3.8) is 0 Å². The molecule has 3 saturated carbocycles. The smallest absolute Gasteiger partial charge is 0.260 e. The summed E-state index contributed by atoms with van der Waals surface area (Å²) in [6.45, 7) is 10.9. The summed E-state index contributed by atoms with van der Waals surface area (Å²) in [6, 6.07) is 8.95. The predicted molar refractivity (Wildman–Crippen MR) is 187 cm³/mol. The number of carbonyl (C=O) groups is 1. The van der Waals surface area contributed by atoms with Crippen LogP contribution in [-0.2, 0) is 15.0 Å². The number of piperidine rings is 1. The number of hydrogen-bond acceptors (Lipinski definition) is 6. The molecule has 0 unspecified atom stereocenters. The van der Waals surface area contributed by atoms with Crippen LogP contribution >= 0.6 is 0 Å². The van der Waals surface area contributed by atoms with Gasteiger partial charge in [-0.2, -0.15) is 0 Å². The van der Waals surface area contributed by atoms with Gasteiger partial charge in [0.05, 0.1) is 12.8 Å². The number of ether oxygens (including phenoxy) is 1. The number of fused-ring (bicyclic) bond motifs is 5. The Morgan fingerprint density at radius 1 is 1.11 bits per heavy atom. The highest BCUT2D eigenvalue weighted by Gasteiger charge is 2.63. The number of hydrogen-bond donors (Lipinski definition) is 2. The molecule has 7 nitrogen and oxygen atoms in total. The largest absolute Gasteiger partial charge is 0.497 e. The van der Waals surface area contributed by atoms with Crippen molar-refractivity contribution in [3.8, 4) is 18.1 Å². The van der Waals surface area contributed by atoms with E-state index >= 15 is 0 Å². The monoisotopic (exact) mass is 643 g/mol. The van der Waals surface area contributed by atoms with Gasteiger partial charge < -0.3 is 24.9 Å². The Labute approximate surface area is 282 Å². The summed E-state index contributed by atoms with van der Waals surface area (Å²) >= 11 is 0. The van der Waals surface area contributed by atoms with E-state index in [0.717, 1.165) is 82.2 Å². The lowest BCUT2D eigenvalue weighted by Crippen LogP contribution is -2.54. The third kappa shape index (κ3) is 5.82. The van der Waals surface area contributed by atoms with Crippen LogP contribution in [0.2, 0.25) is 0 Å². The fourth-order valence-electron chi connectivity index (χ4n) is 11.0. The standard InChI is InChI=1S/C40H57N3O4/c1-8-40(45)20-17-35-33-14-11-30-23-31(15-18-37(30,4)34(33)16-19-38(35,40)5)42-47-26-36(44)41-22-21-39(24-28(3)43(6)25-27(39)2)29-9-12-32(46-7)13-10-29/h1,9-10,12-13,23,27-28,33-35,45H,11,14-22,24-26H2,2-7H3,(H,41,44)/b42-31-/t27-,28+,33-,34+,35+,37+,38+,39-,40+/m1/s1. The van der Waals surface area contributed by atoms with Crippen LogP contribution in [0.1, 0.15) is 97.5 Å². The molecule has 1 amide bonds. The minimum absolute atomic E-state index is 0.0241. The molecule has 1 aromatic rings. The molecule has 6 rings (SSSR count). The highest BCUT2D eigenvalue weighted by atomic mass is 16.6. The highest BCUT2D eigenvalue weighted by molar-refractivity contribution is 5.96. The third-order valence-corrected chi connectivity index (χ3v) is 14.2. The van der Waals surface area contributed by atoms with Gasteiger partial charge in [0, 0.05) is 30.0 Å². The third-order valence-electron chi connectivity index (χ3n) is 14.2. The zero-order valence-electron chi connectivity index (χ0n) is 29.6. The molecular weight excluding hydrogens is 586 g/mol. The van der Waals surface area contributed by atoms with Crippen molar-refractivity contribution in [2.75, 3.05) is 33.9 Å². The maximum Gasteiger partial charge on any atom is 0.260 e. The Kier molecular flexibility index (Phi) is 9.35. The minimum atomic E-state index is -0.961. The fourth-order valence-corrected chi connectivity index (χ4v) is 11.0. The topological polar surface area (TPSA) is 83.4 Å². The minimum Gasteiger partial charge on any atom is -0.497 e. The lowest BCUT2D eigenvalue weighted by molar-refractivity contribution is -0.125. The average Bonchev–Trinajstić information content (AvgIpc) is 3.34. The number of aliphatic hydroxyl groups is 1. The van der Waals surface area contributed by atoms with Crippen molar-refractivity contribution < 1.29 is 19.5 Å². The molecule has 0 radical (unpaired) electrons. The number of oxime groups is 1. The summed E-state index contributed by atoms with van der Waals surface area (Å²) in [6.07, 6.45) is 18.0. The van der Waals surface area contributed by atoms with Crippen molar-refractivity contribution in [3.05, 3.63) is 41.5 Å². The Morgan fingerprint density at radius 2 is 1.85 bits per heavy atom. The van der Waals surface area contributed by atoms with Gasteiger partial charge in [0.25, 0.3) is 5.91 Å². The van der Waals surface area contributed by atoms with Gasteiger partial charge in [-0.25, -0.2) is 0 Å². The van der Waals surface area contributed by atoms with E-state index in [1.54, 1.807) is 7.11 Å². The van der Waals surface area contributed by atoms with E-state index in [-0.39, 0.29) is 28.8 Å².